The number of nitrogens with zero attached hydrogens (tertiary/aromatic N) is 3. The number of amides is 1. The van der Waals surface area contributed by atoms with Gasteiger partial charge in [-0.05, 0) is 45.7 Å². The molecule has 1 amide bonds. The van der Waals surface area contributed by atoms with E-state index in [-0.39, 0.29) is 24.2 Å². The third-order valence-corrected chi connectivity index (χ3v) is 5.84. The Morgan fingerprint density at radius 3 is 2.39 bits per heavy atom. The van der Waals surface area contributed by atoms with E-state index in [1.165, 1.54) is 12.1 Å². The number of nitriles is 1. The maximum Gasteiger partial charge on any atom is 0.410 e. The molecule has 2 rings (SSSR count). The molecule has 1 aliphatic rings. The SMILES string of the molecule is CC(C)(C)OC(=O)N1CCC(C(CC#N)=NCc2c(Br)cc(F)cc2Br)CC1. The molecule has 5 nitrogen and oxygen atoms in total. The largest absolute Gasteiger partial charge is 0.444 e. The van der Waals surface area contributed by atoms with E-state index in [2.05, 4.69) is 42.9 Å². The summed E-state index contributed by atoms with van der Waals surface area (Å²) in [6, 6.07) is 4.99. The van der Waals surface area contributed by atoms with E-state index in [0.29, 0.717) is 28.6 Å². The van der Waals surface area contributed by atoms with Crippen LogP contribution in [0.5, 0.6) is 0 Å². The predicted octanol–water partition coefficient (Wildman–Crippen LogP) is 5.85. The number of hydrogen-bond donors (Lipinski definition) is 0. The van der Waals surface area contributed by atoms with Crippen molar-refractivity contribution in [2.24, 2.45) is 10.9 Å². The summed E-state index contributed by atoms with van der Waals surface area (Å²) in [5.41, 5.74) is 1.15. The fraction of sp³-hybridized carbons (Fsp3) is 0.550. The molecule has 1 saturated heterocycles. The smallest absolute Gasteiger partial charge is 0.410 e. The molecule has 152 valence electrons. The molecule has 0 N–H and O–H groups in total. The Morgan fingerprint density at radius 1 is 1.32 bits per heavy atom. The molecular weight excluding hydrogens is 493 g/mol. The second kappa shape index (κ2) is 9.84. The first-order chi connectivity index (χ1) is 13.1. The lowest BCUT2D eigenvalue weighted by Crippen LogP contribution is -2.43. The van der Waals surface area contributed by atoms with E-state index >= 15 is 0 Å². The number of ether oxygens (including phenoxy) is 1. The number of likely N-dealkylation sites (tertiary alicyclic amines) is 1. The summed E-state index contributed by atoms with van der Waals surface area (Å²) in [7, 11) is 0. The molecule has 0 atom stereocenters. The van der Waals surface area contributed by atoms with Crippen molar-refractivity contribution in [1.82, 2.24) is 4.90 Å². The summed E-state index contributed by atoms with van der Waals surface area (Å²) < 4.78 is 20.1. The van der Waals surface area contributed by atoms with E-state index in [0.717, 1.165) is 24.1 Å². The highest BCUT2D eigenvalue weighted by Crippen LogP contribution is 2.29. The molecule has 0 unspecified atom stereocenters. The Bertz CT molecular complexity index is 769. The minimum atomic E-state index is -0.517. The normalized spacial score (nSPS) is 16.0. The van der Waals surface area contributed by atoms with E-state index in [4.69, 9.17) is 4.74 Å². The Hall–Kier alpha value is -1.46. The lowest BCUT2D eigenvalue weighted by Gasteiger charge is -2.33. The fourth-order valence-corrected chi connectivity index (χ4v) is 4.42. The standard InChI is InChI=1S/C20H24Br2FN3O2/c1-20(2,3)28-19(27)26-8-5-13(6-9-26)18(4-7-24)25-12-15-16(21)10-14(23)11-17(15)22/h10-11,13H,4-6,8-9,12H2,1-3H3. The van der Waals surface area contributed by atoms with Gasteiger partial charge >= 0.3 is 6.09 Å². The molecule has 1 aromatic carbocycles. The van der Waals surface area contributed by atoms with Gasteiger partial charge in [-0.2, -0.15) is 5.26 Å². The van der Waals surface area contributed by atoms with Crippen molar-refractivity contribution in [2.75, 3.05) is 13.1 Å². The molecule has 0 radical (unpaired) electrons. The van der Waals surface area contributed by atoms with Crippen LogP contribution in [0.15, 0.2) is 26.1 Å². The zero-order valence-electron chi connectivity index (χ0n) is 16.3. The first-order valence-electron chi connectivity index (χ1n) is 9.12. The molecule has 0 spiro atoms. The summed E-state index contributed by atoms with van der Waals surface area (Å²) in [6.45, 7) is 7.05. The number of halogens is 3. The molecule has 1 aliphatic heterocycles. The van der Waals surface area contributed by atoms with Gasteiger partial charge in [0.25, 0.3) is 0 Å². The van der Waals surface area contributed by atoms with Crippen LogP contribution in [0.25, 0.3) is 0 Å². The van der Waals surface area contributed by atoms with Crippen molar-refractivity contribution in [3.05, 3.63) is 32.5 Å². The summed E-state index contributed by atoms with van der Waals surface area (Å²) in [6.07, 6.45) is 1.42. The van der Waals surface area contributed by atoms with Crippen LogP contribution in [0.2, 0.25) is 0 Å². The molecule has 8 heteroatoms. The molecule has 0 bridgehead atoms. The number of carbonyl (C=O) groups excluding carboxylic acids is 1. The Morgan fingerprint density at radius 2 is 1.89 bits per heavy atom. The first-order valence-corrected chi connectivity index (χ1v) is 10.7. The van der Waals surface area contributed by atoms with Crippen molar-refractivity contribution >= 4 is 43.7 Å². The van der Waals surface area contributed by atoms with Gasteiger partial charge in [-0.15, -0.1) is 0 Å². The van der Waals surface area contributed by atoms with Crippen molar-refractivity contribution in [3.8, 4) is 6.07 Å². The number of rotatable bonds is 4. The third-order valence-electron chi connectivity index (χ3n) is 4.42. The average Bonchev–Trinajstić information content (AvgIpc) is 2.58. The quantitative estimate of drug-likeness (QED) is 0.471. The third kappa shape index (κ3) is 6.56. The van der Waals surface area contributed by atoms with Crippen molar-refractivity contribution in [1.29, 1.82) is 5.26 Å². The van der Waals surface area contributed by atoms with Gasteiger partial charge in [0.05, 0.1) is 19.0 Å². The van der Waals surface area contributed by atoms with Crippen LogP contribution in [0.4, 0.5) is 9.18 Å². The lowest BCUT2D eigenvalue weighted by molar-refractivity contribution is 0.0201. The van der Waals surface area contributed by atoms with Gasteiger partial charge in [0.1, 0.15) is 11.4 Å². The monoisotopic (exact) mass is 515 g/mol. The van der Waals surface area contributed by atoms with Crippen LogP contribution in [0.3, 0.4) is 0 Å². The lowest BCUT2D eigenvalue weighted by atomic mass is 9.90. The zero-order valence-corrected chi connectivity index (χ0v) is 19.4. The number of carbonyl (C=O) groups is 1. The van der Waals surface area contributed by atoms with E-state index in [1.807, 2.05) is 20.8 Å². The Kier molecular flexibility index (Phi) is 8.02. The molecule has 28 heavy (non-hydrogen) atoms. The summed E-state index contributed by atoms with van der Waals surface area (Å²) in [5, 5.41) is 9.19. The predicted molar refractivity (Wildman–Crippen MR) is 114 cm³/mol. The number of piperidine rings is 1. The van der Waals surface area contributed by atoms with Crippen LogP contribution in [-0.4, -0.2) is 35.4 Å². The number of aliphatic imine (C=N–C) groups is 1. The second-order valence-corrected chi connectivity index (χ2v) is 9.44. The van der Waals surface area contributed by atoms with E-state index in [1.54, 1.807) is 4.90 Å². The minimum Gasteiger partial charge on any atom is -0.444 e. The molecule has 0 saturated carbocycles. The Labute approximate surface area is 182 Å². The highest BCUT2D eigenvalue weighted by Gasteiger charge is 2.28. The molecular formula is C20H24Br2FN3O2. The van der Waals surface area contributed by atoms with Gasteiger partial charge in [-0.25, -0.2) is 9.18 Å². The number of hydrogen-bond acceptors (Lipinski definition) is 4. The highest BCUT2D eigenvalue weighted by atomic mass is 79.9. The Balaban J connectivity index is 2.05. The molecule has 0 aromatic heterocycles. The molecule has 1 fully saturated rings. The van der Waals surface area contributed by atoms with Gasteiger partial charge in [-0.1, -0.05) is 31.9 Å². The van der Waals surface area contributed by atoms with Crippen LogP contribution in [-0.2, 0) is 11.3 Å². The van der Waals surface area contributed by atoms with Crippen molar-refractivity contribution in [3.63, 3.8) is 0 Å². The van der Waals surface area contributed by atoms with Gasteiger partial charge in [0, 0.05) is 39.2 Å². The minimum absolute atomic E-state index is 0.149. The van der Waals surface area contributed by atoms with E-state index < -0.39 is 5.60 Å². The van der Waals surface area contributed by atoms with Gasteiger partial charge in [0.2, 0.25) is 0 Å². The fourth-order valence-electron chi connectivity index (χ4n) is 3.04. The van der Waals surface area contributed by atoms with Gasteiger partial charge in [0.15, 0.2) is 0 Å². The van der Waals surface area contributed by atoms with Crippen molar-refractivity contribution in [2.45, 2.75) is 52.2 Å². The zero-order chi connectivity index (χ0) is 20.9. The molecule has 1 heterocycles. The maximum atomic E-state index is 13.4. The van der Waals surface area contributed by atoms with Crippen LogP contribution in [0, 0.1) is 23.1 Å². The highest BCUT2D eigenvalue weighted by molar-refractivity contribution is 9.11. The van der Waals surface area contributed by atoms with Crippen molar-refractivity contribution < 1.29 is 13.9 Å². The van der Waals surface area contributed by atoms with Gasteiger partial charge < -0.3 is 9.64 Å². The van der Waals surface area contributed by atoms with E-state index in [9.17, 15) is 14.4 Å². The maximum absolute atomic E-state index is 13.4. The first kappa shape index (κ1) is 22.8. The van der Waals surface area contributed by atoms with Crippen LogP contribution >= 0.6 is 31.9 Å². The number of benzene rings is 1. The summed E-state index contributed by atoms with van der Waals surface area (Å²) in [4.78, 5) is 18.6. The second-order valence-electron chi connectivity index (χ2n) is 7.73. The topological polar surface area (TPSA) is 65.7 Å². The van der Waals surface area contributed by atoms with Crippen LogP contribution < -0.4 is 0 Å². The summed E-state index contributed by atoms with van der Waals surface area (Å²) in [5.74, 6) is -0.186. The van der Waals surface area contributed by atoms with Crippen LogP contribution in [0.1, 0.15) is 45.6 Å². The average molecular weight is 517 g/mol. The summed E-state index contributed by atoms with van der Waals surface area (Å²) >= 11 is 6.74. The van der Waals surface area contributed by atoms with Gasteiger partial charge in [-0.3, -0.25) is 4.99 Å². The molecule has 1 aromatic rings. The molecule has 0 aliphatic carbocycles.